The van der Waals surface area contributed by atoms with Crippen LogP contribution in [0.2, 0.25) is 0 Å². The van der Waals surface area contributed by atoms with Crippen molar-refractivity contribution in [2.24, 2.45) is 0 Å². The summed E-state index contributed by atoms with van der Waals surface area (Å²) in [6.45, 7) is 1.10. The number of likely N-dealkylation sites (tertiary alicyclic amines) is 1. The number of hydrogen-bond acceptors (Lipinski definition) is 5. The number of aliphatic hydroxyl groups is 1. The number of imide groups is 1. The van der Waals surface area contributed by atoms with Crippen LogP contribution in [0.25, 0.3) is 0 Å². The molecule has 1 aliphatic rings. The van der Waals surface area contributed by atoms with Crippen molar-refractivity contribution in [2.75, 3.05) is 0 Å². The predicted octanol–water partition coefficient (Wildman–Crippen LogP) is -1.58. The van der Waals surface area contributed by atoms with E-state index in [1.165, 1.54) is 0 Å². The van der Waals surface area contributed by atoms with Gasteiger partial charge < -0.3 is 15.3 Å². The monoisotopic (exact) mass is 245 g/mol. The number of hydrogen-bond donors (Lipinski definition) is 3. The van der Waals surface area contributed by atoms with E-state index in [4.69, 9.17) is 10.2 Å². The quantitative estimate of drug-likeness (QED) is 0.509. The van der Waals surface area contributed by atoms with Crippen LogP contribution in [0, 0.1) is 0 Å². The van der Waals surface area contributed by atoms with Crippen molar-refractivity contribution in [1.29, 1.82) is 0 Å². The number of carbonyl (C=O) groups is 4. The van der Waals surface area contributed by atoms with Crippen molar-refractivity contribution in [1.82, 2.24) is 4.90 Å². The van der Waals surface area contributed by atoms with Gasteiger partial charge in [-0.25, -0.2) is 4.79 Å². The van der Waals surface area contributed by atoms with Gasteiger partial charge in [0.1, 0.15) is 6.04 Å². The van der Waals surface area contributed by atoms with Crippen LogP contribution >= 0.6 is 0 Å². The number of carboxylic acids is 2. The van der Waals surface area contributed by atoms with Gasteiger partial charge >= 0.3 is 11.9 Å². The molecule has 0 aromatic rings. The maximum absolute atomic E-state index is 11.6. The summed E-state index contributed by atoms with van der Waals surface area (Å²) in [6, 6.07) is -1.43. The first-order chi connectivity index (χ1) is 7.69. The summed E-state index contributed by atoms with van der Waals surface area (Å²) >= 11 is 0. The smallest absolute Gasteiger partial charge is 0.326 e. The third-order valence-corrected chi connectivity index (χ3v) is 2.52. The van der Waals surface area contributed by atoms with Crippen LogP contribution in [0.4, 0.5) is 0 Å². The molecule has 1 rings (SSSR count). The molecule has 94 valence electrons. The van der Waals surface area contributed by atoms with Gasteiger partial charge in [-0.3, -0.25) is 19.3 Å². The third-order valence-electron chi connectivity index (χ3n) is 2.52. The molecule has 0 aromatic carbocycles. The van der Waals surface area contributed by atoms with Gasteiger partial charge in [0.15, 0.2) is 5.60 Å². The second-order valence-electron chi connectivity index (χ2n) is 3.86. The van der Waals surface area contributed by atoms with E-state index in [1.807, 2.05) is 0 Å². The van der Waals surface area contributed by atoms with Gasteiger partial charge in [-0.05, 0) is 6.92 Å². The van der Waals surface area contributed by atoms with Crippen LogP contribution < -0.4 is 0 Å². The molecular formula is C9H11NO7. The standard InChI is InChI=1S/C9H11NO7/c1-4(7(14)15)10-5(11)2-9(17,8(10)16)3-6(12)13/h4,17H,2-3H2,1H3,(H,12,13)(H,14,15). The molecule has 0 radical (unpaired) electrons. The van der Waals surface area contributed by atoms with Gasteiger partial charge in [0.05, 0.1) is 12.8 Å². The molecule has 17 heavy (non-hydrogen) atoms. The van der Waals surface area contributed by atoms with Gasteiger partial charge in [0.2, 0.25) is 5.91 Å². The Morgan fingerprint density at radius 2 is 1.94 bits per heavy atom. The second kappa shape index (κ2) is 4.13. The van der Waals surface area contributed by atoms with Crippen molar-refractivity contribution in [3.05, 3.63) is 0 Å². The highest BCUT2D eigenvalue weighted by atomic mass is 16.4. The van der Waals surface area contributed by atoms with Crippen molar-refractivity contribution in [3.8, 4) is 0 Å². The summed E-state index contributed by atoms with van der Waals surface area (Å²) in [5.41, 5.74) is -2.34. The lowest BCUT2D eigenvalue weighted by Gasteiger charge is -2.21. The van der Waals surface area contributed by atoms with E-state index in [1.54, 1.807) is 0 Å². The van der Waals surface area contributed by atoms with Gasteiger partial charge in [-0.15, -0.1) is 0 Å². The zero-order valence-corrected chi connectivity index (χ0v) is 8.91. The van der Waals surface area contributed by atoms with E-state index in [9.17, 15) is 24.3 Å². The molecule has 0 aliphatic carbocycles. The van der Waals surface area contributed by atoms with E-state index in [2.05, 4.69) is 0 Å². The Labute approximate surface area is 95.4 Å². The molecule has 8 nitrogen and oxygen atoms in total. The number of amides is 2. The molecule has 2 unspecified atom stereocenters. The maximum Gasteiger partial charge on any atom is 0.326 e. The zero-order valence-electron chi connectivity index (χ0n) is 8.91. The highest BCUT2D eigenvalue weighted by molar-refractivity contribution is 6.10. The summed E-state index contributed by atoms with van der Waals surface area (Å²) in [5.74, 6) is -4.93. The summed E-state index contributed by atoms with van der Waals surface area (Å²) in [4.78, 5) is 44.6. The highest BCUT2D eigenvalue weighted by Gasteiger charge is 2.54. The molecule has 1 fully saturated rings. The Morgan fingerprint density at radius 1 is 1.41 bits per heavy atom. The molecule has 1 saturated heterocycles. The van der Waals surface area contributed by atoms with Crippen molar-refractivity contribution < 1.29 is 34.5 Å². The summed E-state index contributed by atoms with van der Waals surface area (Å²) < 4.78 is 0. The molecule has 2 amide bonds. The van der Waals surface area contributed by atoms with Crippen LogP contribution in [0.15, 0.2) is 0 Å². The fourth-order valence-corrected chi connectivity index (χ4v) is 1.64. The zero-order chi connectivity index (χ0) is 13.4. The maximum atomic E-state index is 11.6. The lowest BCUT2D eigenvalue weighted by Crippen LogP contribution is -2.47. The Balaban J connectivity index is 3.00. The summed E-state index contributed by atoms with van der Waals surface area (Å²) in [7, 11) is 0. The van der Waals surface area contributed by atoms with Crippen molar-refractivity contribution >= 4 is 23.8 Å². The van der Waals surface area contributed by atoms with Crippen LogP contribution in [0.1, 0.15) is 19.8 Å². The first-order valence-corrected chi connectivity index (χ1v) is 4.72. The molecular weight excluding hydrogens is 234 g/mol. The Bertz CT molecular complexity index is 404. The molecule has 2 atom stereocenters. The number of rotatable bonds is 4. The predicted molar refractivity (Wildman–Crippen MR) is 50.8 cm³/mol. The van der Waals surface area contributed by atoms with E-state index in [-0.39, 0.29) is 0 Å². The van der Waals surface area contributed by atoms with Crippen LogP contribution in [-0.4, -0.2) is 55.6 Å². The van der Waals surface area contributed by atoms with E-state index in [0.29, 0.717) is 4.90 Å². The van der Waals surface area contributed by atoms with Crippen LogP contribution in [0.5, 0.6) is 0 Å². The van der Waals surface area contributed by atoms with Gasteiger partial charge in [-0.2, -0.15) is 0 Å². The number of aliphatic carboxylic acids is 2. The van der Waals surface area contributed by atoms with E-state index < -0.39 is 48.2 Å². The molecule has 0 bridgehead atoms. The molecule has 0 saturated carbocycles. The second-order valence-corrected chi connectivity index (χ2v) is 3.86. The Morgan fingerprint density at radius 3 is 2.35 bits per heavy atom. The first kappa shape index (κ1) is 13.1. The molecule has 3 N–H and O–H groups in total. The van der Waals surface area contributed by atoms with Crippen molar-refractivity contribution in [3.63, 3.8) is 0 Å². The topological polar surface area (TPSA) is 132 Å². The van der Waals surface area contributed by atoms with Gasteiger partial charge in [0, 0.05) is 0 Å². The average molecular weight is 245 g/mol. The van der Waals surface area contributed by atoms with Crippen molar-refractivity contribution in [2.45, 2.75) is 31.4 Å². The molecule has 8 heteroatoms. The number of nitrogens with zero attached hydrogens (tertiary/aromatic N) is 1. The number of carbonyl (C=O) groups excluding carboxylic acids is 2. The fourth-order valence-electron chi connectivity index (χ4n) is 1.64. The first-order valence-electron chi connectivity index (χ1n) is 4.72. The minimum atomic E-state index is -2.34. The minimum absolute atomic E-state index is 0.380. The Kier molecular flexibility index (Phi) is 3.18. The Hall–Kier alpha value is -1.96. The lowest BCUT2D eigenvalue weighted by atomic mass is 9.98. The number of carboxylic acid groups (broad SMARTS) is 2. The third kappa shape index (κ3) is 2.26. The molecule has 0 spiro atoms. The van der Waals surface area contributed by atoms with Gasteiger partial charge in [-0.1, -0.05) is 0 Å². The lowest BCUT2D eigenvalue weighted by molar-refractivity contribution is -0.159. The highest BCUT2D eigenvalue weighted by Crippen LogP contribution is 2.29. The minimum Gasteiger partial charge on any atom is -0.481 e. The largest absolute Gasteiger partial charge is 0.481 e. The summed E-state index contributed by atoms with van der Waals surface area (Å²) in [6.07, 6.45) is -1.64. The molecule has 0 aromatic heterocycles. The normalized spacial score (nSPS) is 26.1. The van der Waals surface area contributed by atoms with E-state index in [0.717, 1.165) is 6.92 Å². The SMILES string of the molecule is CC(C(=O)O)N1C(=O)CC(O)(CC(=O)O)C1=O. The molecule has 1 heterocycles. The average Bonchev–Trinajstić information content (AvgIpc) is 2.35. The van der Waals surface area contributed by atoms with E-state index >= 15 is 0 Å². The molecule has 1 aliphatic heterocycles. The fraction of sp³-hybridized carbons (Fsp3) is 0.556. The van der Waals surface area contributed by atoms with Gasteiger partial charge in [0.25, 0.3) is 5.91 Å². The summed E-state index contributed by atoms with van der Waals surface area (Å²) in [5, 5.41) is 26.9. The van der Waals surface area contributed by atoms with Crippen LogP contribution in [-0.2, 0) is 19.2 Å². The van der Waals surface area contributed by atoms with Crippen LogP contribution in [0.3, 0.4) is 0 Å².